The van der Waals surface area contributed by atoms with E-state index in [-0.39, 0.29) is 5.56 Å². The topological polar surface area (TPSA) is 68.2 Å². The molecule has 0 saturated heterocycles. The molecule has 0 amide bonds. The average molecular weight is 311 g/mol. The van der Waals surface area contributed by atoms with E-state index in [1.165, 1.54) is 6.07 Å². The van der Waals surface area contributed by atoms with Crippen LogP contribution in [0.25, 0.3) is 0 Å². The van der Waals surface area contributed by atoms with Crippen molar-refractivity contribution in [1.29, 1.82) is 0 Å². The molecule has 6 nitrogen and oxygen atoms in total. The summed E-state index contributed by atoms with van der Waals surface area (Å²) >= 11 is 0. The smallest absolute Gasteiger partial charge is 0.335 e. The number of rotatable bonds is 12. The summed E-state index contributed by atoms with van der Waals surface area (Å²) in [7, 11) is 3.38. The lowest BCUT2D eigenvalue weighted by atomic mass is 10.2. The van der Waals surface area contributed by atoms with Crippen molar-refractivity contribution in [2.24, 2.45) is 0 Å². The van der Waals surface area contributed by atoms with Crippen molar-refractivity contribution in [2.75, 3.05) is 53.7 Å². The second-order valence-electron chi connectivity index (χ2n) is 4.86. The Hall–Kier alpha value is -1.63. The maximum atomic E-state index is 10.9. The number of carbonyl (C=O) groups is 1. The molecule has 0 unspecified atom stereocenters. The first-order chi connectivity index (χ1) is 10.7. The van der Waals surface area contributed by atoms with Crippen molar-refractivity contribution in [3.8, 4) is 5.75 Å². The predicted molar refractivity (Wildman–Crippen MR) is 83.7 cm³/mol. The lowest BCUT2D eigenvalue weighted by molar-refractivity contribution is 0.0696. The van der Waals surface area contributed by atoms with Crippen LogP contribution < -0.4 is 4.74 Å². The van der Waals surface area contributed by atoms with Gasteiger partial charge in [0.25, 0.3) is 0 Å². The van der Waals surface area contributed by atoms with Crippen molar-refractivity contribution < 1.29 is 24.1 Å². The fourth-order valence-electron chi connectivity index (χ4n) is 1.97. The first-order valence-corrected chi connectivity index (χ1v) is 7.33. The quantitative estimate of drug-likeness (QED) is 0.593. The molecule has 0 heterocycles. The van der Waals surface area contributed by atoms with Gasteiger partial charge in [-0.3, -0.25) is 4.90 Å². The van der Waals surface area contributed by atoms with Crippen molar-refractivity contribution in [2.45, 2.75) is 6.42 Å². The summed E-state index contributed by atoms with van der Waals surface area (Å²) in [6.45, 7) is 4.50. The van der Waals surface area contributed by atoms with E-state index in [2.05, 4.69) is 4.90 Å². The molecule has 0 aromatic heterocycles. The number of carboxylic acids is 1. The maximum Gasteiger partial charge on any atom is 0.335 e. The fraction of sp³-hybridized carbons (Fsp3) is 0.562. The minimum absolute atomic E-state index is 0.235. The Bertz CT molecular complexity index is 430. The number of hydrogen-bond donors (Lipinski definition) is 1. The van der Waals surface area contributed by atoms with Gasteiger partial charge in [-0.15, -0.1) is 0 Å². The molecule has 1 aromatic carbocycles. The van der Waals surface area contributed by atoms with Crippen LogP contribution in [-0.2, 0) is 9.47 Å². The lowest BCUT2D eigenvalue weighted by Gasteiger charge is -2.21. The number of nitrogens with zero attached hydrogens (tertiary/aromatic N) is 1. The van der Waals surface area contributed by atoms with Gasteiger partial charge in [0.2, 0.25) is 0 Å². The molecule has 0 aliphatic heterocycles. The van der Waals surface area contributed by atoms with Gasteiger partial charge in [-0.05, 0) is 24.6 Å². The number of carboxylic acid groups (broad SMARTS) is 1. The van der Waals surface area contributed by atoms with Crippen LogP contribution in [0.5, 0.6) is 5.75 Å². The summed E-state index contributed by atoms with van der Waals surface area (Å²) in [6, 6.07) is 6.53. The third-order valence-electron chi connectivity index (χ3n) is 3.19. The molecule has 0 radical (unpaired) electrons. The van der Waals surface area contributed by atoms with E-state index < -0.39 is 5.97 Å². The van der Waals surface area contributed by atoms with Crippen LogP contribution in [-0.4, -0.2) is 69.7 Å². The third-order valence-corrected chi connectivity index (χ3v) is 3.19. The first kappa shape index (κ1) is 18.4. The minimum Gasteiger partial charge on any atom is -0.494 e. The highest BCUT2D eigenvalue weighted by Crippen LogP contribution is 2.13. The Morgan fingerprint density at radius 2 is 1.77 bits per heavy atom. The molecular formula is C16H25NO5. The third kappa shape index (κ3) is 7.40. The molecule has 0 spiro atoms. The van der Waals surface area contributed by atoms with Crippen LogP contribution in [0.2, 0.25) is 0 Å². The van der Waals surface area contributed by atoms with Crippen molar-refractivity contribution in [3.63, 3.8) is 0 Å². The van der Waals surface area contributed by atoms with Gasteiger partial charge in [0.05, 0.1) is 25.4 Å². The Morgan fingerprint density at radius 3 is 2.36 bits per heavy atom. The van der Waals surface area contributed by atoms with Crippen molar-refractivity contribution in [1.82, 2.24) is 4.90 Å². The van der Waals surface area contributed by atoms with E-state index in [1.807, 2.05) is 0 Å². The first-order valence-electron chi connectivity index (χ1n) is 7.33. The monoisotopic (exact) mass is 311 g/mol. The largest absolute Gasteiger partial charge is 0.494 e. The van der Waals surface area contributed by atoms with Crippen molar-refractivity contribution in [3.05, 3.63) is 29.8 Å². The van der Waals surface area contributed by atoms with E-state index in [0.717, 1.165) is 26.1 Å². The molecule has 124 valence electrons. The number of hydrogen-bond acceptors (Lipinski definition) is 5. The highest BCUT2D eigenvalue weighted by molar-refractivity contribution is 5.87. The molecular weight excluding hydrogens is 286 g/mol. The van der Waals surface area contributed by atoms with Gasteiger partial charge in [-0.2, -0.15) is 0 Å². The number of ether oxygens (including phenoxy) is 3. The molecule has 0 aliphatic carbocycles. The number of benzene rings is 1. The van der Waals surface area contributed by atoms with Crippen LogP contribution in [0.1, 0.15) is 16.8 Å². The Morgan fingerprint density at radius 1 is 1.09 bits per heavy atom. The Kier molecular flexibility index (Phi) is 9.21. The zero-order valence-corrected chi connectivity index (χ0v) is 13.3. The predicted octanol–water partition coefficient (Wildman–Crippen LogP) is 1.75. The molecule has 0 aliphatic rings. The summed E-state index contributed by atoms with van der Waals surface area (Å²) in [6.07, 6.45) is 0.852. The summed E-state index contributed by atoms with van der Waals surface area (Å²) in [5, 5.41) is 8.93. The van der Waals surface area contributed by atoms with Crippen LogP contribution in [0.4, 0.5) is 0 Å². The zero-order valence-electron chi connectivity index (χ0n) is 13.3. The SMILES string of the molecule is COCCN(CCCOc1cccc(C(=O)O)c1)CCOC. The lowest BCUT2D eigenvalue weighted by Crippen LogP contribution is -2.32. The van der Waals surface area contributed by atoms with E-state index in [0.29, 0.717) is 25.6 Å². The summed E-state index contributed by atoms with van der Waals surface area (Å²) < 4.78 is 15.8. The average Bonchev–Trinajstić information content (AvgIpc) is 2.53. The van der Waals surface area contributed by atoms with E-state index >= 15 is 0 Å². The summed E-state index contributed by atoms with van der Waals surface area (Å²) in [5.74, 6) is -0.365. The Labute approximate surface area is 131 Å². The van der Waals surface area contributed by atoms with Gasteiger partial charge in [-0.1, -0.05) is 6.07 Å². The molecule has 22 heavy (non-hydrogen) atoms. The molecule has 0 fully saturated rings. The van der Waals surface area contributed by atoms with E-state index in [1.54, 1.807) is 32.4 Å². The highest BCUT2D eigenvalue weighted by Gasteiger charge is 2.06. The molecule has 1 rings (SSSR count). The minimum atomic E-state index is -0.948. The van der Waals surface area contributed by atoms with Crippen LogP contribution in [0.15, 0.2) is 24.3 Å². The standard InChI is InChI=1S/C16H25NO5/c1-20-11-8-17(9-12-21-2)7-4-10-22-15-6-3-5-14(13-15)16(18)19/h3,5-6,13H,4,7-12H2,1-2H3,(H,18,19). The summed E-state index contributed by atoms with van der Waals surface area (Å²) in [5.41, 5.74) is 0.235. The van der Waals surface area contributed by atoms with E-state index in [4.69, 9.17) is 19.3 Å². The van der Waals surface area contributed by atoms with Gasteiger partial charge < -0.3 is 19.3 Å². The van der Waals surface area contributed by atoms with Crippen LogP contribution in [0.3, 0.4) is 0 Å². The van der Waals surface area contributed by atoms with Crippen LogP contribution in [0, 0.1) is 0 Å². The second kappa shape index (κ2) is 11.0. The zero-order chi connectivity index (χ0) is 16.2. The van der Waals surface area contributed by atoms with Crippen LogP contribution >= 0.6 is 0 Å². The molecule has 0 atom stereocenters. The van der Waals surface area contributed by atoms with Gasteiger partial charge in [-0.25, -0.2) is 4.79 Å². The number of aromatic carboxylic acids is 1. The van der Waals surface area contributed by atoms with Gasteiger partial charge in [0.1, 0.15) is 5.75 Å². The summed E-state index contributed by atoms with van der Waals surface area (Å²) in [4.78, 5) is 13.1. The Balaban J connectivity index is 2.32. The molecule has 1 aromatic rings. The molecule has 6 heteroatoms. The van der Waals surface area contributed by atoms with Crippen molar-refractivity contribution >= 4 is 5.97 Å². The number of methoxy groups -OCH3 is 2. The fourth-order valence-corrected chi connectivity index (χ4v) is 1.97. The normalized spacial score (nSPS) is 10.9. The van der Waals surface area contributed by atoms with Gasteiger partial charge >= 0.3 is 5.97 Å². The maximum absolute atomic E-state index is 10.9. The molecule has 1 N–H and O–H groups in total. The molecule has 0 saturated carbocycles. The second-order valence-corrected chi connectivity index (χ2v) is 4.86. The van der Waals surface area contributed by atoms with E-state index in [9.17, 15) is 4.79 Å². The highest BCUT2D eigenvalue weighted by atomic mass is 16.5. The molecule has 0 bridgehead atoms. The van der Waals surface area contributed by atoms with Gasteiger partial charge in [0, 0.05) is 33.9 Å². The van der Waals surface area contributed by atoms with Gasteiger partial charge in [0.15, 0.2) is 0 Å².